The van der Waals surface area contributed by atoms with E-state index in [0.29, 0.717) is 6.54 Å². The Hall–Kier alpha value is -0.750. The fourth-order valence-electron chi connectivity index (χ4n) is 0.511. The van der Waals surface area contributed by atoms with Crippen molar-refractivity contribution in [3.63, 3.8) is 0 Å². The molecule has 2 radical (unpaired) electrons. The van der Waals surface area contributed by atoms with Gasteiger partial charge in [-0.15, -0.1) is 0 Å². The molecule has 0 saturated heterocycles. The first kappa shape index (κ1) is 8.25. The summed E-state index contributed by atoms with van der Waals surface area (Å²) in [6.45, 7) is 6.78. The van der Waals surface area contributed by atoms with Gasteiger partial charge in [-0.1, -0.05) is 0 Å². The Kier molecular flexibility index (Phi) is 2.47. The first-order chi connectivity index (χ1) is 4.02. The Morgan fingerprint density at radius 3 is 2.33 bits per heavy atom. The standard InChI is InChI=1S/C6H10N2O/c1-4-8(5-7)6(2,3)9/h2,4H2,1,3H3. The second-order valence-electron chi connectivity index (χ2n) is 2.02. The molecule has 0 heterocycles. The molecular weight excluding hydrogens is 116 g/mol. The molecule has 3 nitrogen and oxygen atoms in total. The van der Waals surface area contributed by atoms with Crippen molar-refractivity contribution in [1.82, 2.24) is 4.90 Å². The van der Waals surface area contributed by atoms with Gasteiger partial charge in [0, 0.05) is 13.5 Å². The summed E-state index contributed by atoms with van der Waals surface area (Å²) in [4.78, 5) is 1.08. The monoisotopic (exact) mass is 126 g/mol. The predicted molar refractivity (Wildman–Crippen MR) is 32.4 cm³/mol. The van der Waals surface area contributed by atoms with Crippen LogP contribution in [0.25, 0.3) is 0 Å². The molecule has 50 valence electrons. The molecule has 9 heavy (non-hydrogen) atoms. The summed E-state index contributed by atoms with van der Waals surface area (Å²) in [5, 5.41) is 19.2. The molecule has 0 aliphatic heterocycles. The molecule has 0 aromatic rings. The van der Waals surface area contributed by atoms with Crippen LogP contribution in [0.2, 0.25) is 0 Å². The SMILES string of the molecule is [CH2]C(C)([O])N(C#N)CC. The summed E-state index contributed by atoms with van der Waals surface area (Å²) in [6, 6.07) is 0. The maximum atomic E-state index is 10.9. The van der Waals surface area contributed by atoms with Crippen LogP contribution in [0.4, 0.5) is 0 Å². The van der Waals surface area contributed by atoms with Crippen molar-refractivity contribution in [2.45, 2.75) is 19.6 Å². The third-order valence-corrected chi connectivity index (χ3v) is 1.01. The summed E-state index contributed by atoms with van der Waals surface area (Å²) in [5.74, 6) is 0. The summed E-state index contributed by atoms with van der Waals surface area (Å²) in [5.41, 5.74) is -1.51. The third kappa shape index (κ3) is 2.34. The van der Waals surface area contributed by atoms with Gasteiger partial charge < -0.3 is 0 Å². The lowest BCUT2D eigenvalue weighted by Gasteiger charge is -2.24. The van der Waals surface area contributed by atoms with Crippen LogP contribution in [-0.2, 0) is 5.11 Å². The first-order valence-electron chi connectivity index (χ1n) is 2.75. The highest BCUT2D eigenvalue weighted by molar-refractivity contribution is 4.85. The minimum absolute atomic E-state index is 0.417. The summed E-state index contributed by atoms with van der Waals surface area (Å²) >= 11 is 0. The lowest BCUT2D eigenvalue weighted by atomic mass is 10.3. The Morgan fingerprint density at radius 1 is 1.89 bits per heavy atom. The molecule has 3 heteroatoms. The summed E-state index contributed by atoms with van der Waals surface area (Å²) in [7, 11) is 0. The molecule has 0 rings (SSSR count). The smallest absolute Gasteiger partial charge is 0.181 e. The van der Waals surface area contributed by atoms with Crippen LogP contribution in [0.5, 0.6) is 0 Å². The van der Waals surface area contributed by atoms with Gasteiger partial charge in [-0.2, -0.15) is 5.26 Å². The number of nitriles is 1. The number of nitrogens with zero attached hydrogens (tertiary/aromatic N) is 2. The lowest BCUT2D eigenvalue weighted by molar-refractivity contribution is -0.0746. The van der Waals surface area contributed by atoms with Gasteiger partial charge in [0.05, 0.1) is 0 Å². The normalized spacial score (nSPS) is 10.6. The van der Waals surface area contributed by atoms with Gasteiger partial charge in [0.15, 0.2) is 11.9 Å². The molecule has 0 aromatic carbocycles. The van der Waals surface area contributed by atoms with Gasteiger partial charge in [0.1, 0.15) is 0 Å². The number of hydrogen-bond donors (Lipinski definition) is 0. The topological polar surface area (TPSA) is 46.9 Å². The van der Waals surface area contributed by atoms with E-state index in [-0.39, 0.29) is 0 Å². The van der Waals surface area contributed by atoms with Crippen LogP contribution in [0.15, 0.2) is 0 Å². The Labute approximate surface area is 55.5 Å². The van der Waals surface area contributed by atoms with E-state index >= 15 is 0 Å². The van der Waals surface area contributed by atoms with E-state index in [1.807, 2.05) is 0 Å². The van der Waals surface area contributed by atoms with Crippen LogP contribution < -0.4 is 0 Å². The van der Waals surface area contributed by atoms with E-state index in [0.717, 1.165) is 4.90 Å². The van der Waals surface area contributed by atoms with Crippen LogP contribution in [0, 0.1) is 18.4 Å². The van der Waals surface area contributed by atoms with E-state index < -0.39 is 5.72 Å². The zero-order valence-electron chi connectivity index (χ0n) is 5.72. The van der Waals surface area contributed by atoms with Gasteiger partial charge >= 0.3 is 0 Å². The quantitative estimate of drug-likeness (QED) is 0.311. The molecule has 0 bridgehead atoms. The molecule has 0 spiro atoms. The Bertz CT molecular complexity index is 120. The number of hydrogen-bond acceptors (Lipinski definition) is 2. The fourth-order valence-corrected chi connectivity index (χ4v) is 0.511. The first-order valence-corrected chi connectivity index (χ1v) is 2.75. The Morgan fingerprint density at radius 2 is 2.33 bits per heavy atom. The average Bonchev–Trinajstić information content (AvgIpc) is 1.65. The molecule has 0 aliphatic rings. The van der Waals surface area contributed by atoms with Crippen LogP contribution in [0.3, 0.4) is 0 Å². The van der Waals surface area contributed by atoms with Crippen molar-refractivity contribution in [3.05, 3.63) is 6.92 Å². The van der Waals surface area contributed by atoms with Crippen molar-refractivity contribution in [3.8, 4) is 6.19 Å². The molecule has 0 N–H and O–H groups in total. The van der Waals surface area contributed by atoms with Crippen molar-refractivity contribution >= 4 is 0 Å². The highest BCUT2D eigenvalue weighted by atomic mass is 16.3. The number of rotatable bonds is 2. The van der Waals surface area contributed by atoms with Gasteiger partial charge in [0.2, 0.25) is 0 Å². The molecule has 0 saturated carbocycles. The van der Waals surface area contributed by atoms with Crippen LogP contribution >= 0.6 is 0 Å². The van der Waals surface area contributed by atoms with E-state index in [9.17, 15) is 5.11 Å². The van der Waals surface area contributed by atoms with E-state index in [4.69, 9.17) is 5.26 Å². The molecule has 1 atom stereocenters. The average molecular weight is 126 g/mol. The van der Waals surface area contributed by atoms with E-state index in [2.05, 4.69) is 6.92 Å². The van der Waals surface area contributed by atoms with Crippen LogP contribution in [0.1, 0.15) is 13.8 Å². The molecule has 0 amide bonds. The van der Waals surface area contributed by atoms with E-state index in [1.54, 1.807) is 13.1 Å². The van der Waals surface area contributed by atoms with Crippen molar-refractivity contribution in [2.24, 2.45) is 0 Å². The maximum absolute atomic E-state index is 10.9. The second-order valence-corrected chi connectivity index (χ2v) is 2.02. The third-order valence-electron chi connectivity index (χ3n) is 1.01. The zero-order chi connectivity index (χ0) is 7.49. The zero-order valence-corrected chi connectivity index (χ0v) is 5.72. The maximum Gasteiger partial charge on any atom is 0.181 e. The van der Waals surface area contributed by atoms with Crippen molar-refractivity contribution in [1.29, 1.82) is 5.26 Å². The predicted octanol–water partition coefficient (Wildman–Crippen LogP) is 0.770. The van der Waals surface area contributed by atoms with Gasteiger partial charge in [-0.25, -0.2) is 5.11 Å². The Balaban J connectivity index is 4.00. The summed E-state index contributed by atoms with van der Waals surface area (Å²) in [6.07, 6.45) is 1.75. The fraction of sp³-hybridized carbons (Fsp3) is 0.667. The molecule has 0 aromatic heterocycles. The molecular formula is C6H10N2O. The van der Waals surface area contributed by atoms with Crippen molar-refractivity contribution < 1.29 is 5.11 Å². The van der Waals surface area contributed by atoms with E-state index in [1.165, 1.54) is 6.92 Å². The second kappa shape index (κ2) is 2.70. The molecule has 0 aliphatic carbocycles. The van der Waals surface area contributed by atoms with Gasteiger partial charge in [0.25, 0.3) is 0 Å². The molecule has 0 fully saturated rings. The summed E-state index contributed by atoms with van der Waals surface area (Å²) < 4.78 is 0. The van der Waals surface area contributed by atoms with Crippen LogP contribution in [-0.4, -0.2) is 17.2 Å². The highest BCUT2D eigenvalue weighted by Gasteiger charge is 2.22. The van der Waals surface area contributed by atoms with Gasteiger partial charge in [-0.05, 0) is 13.8 Å². The molecule has 1 unspecified atom stereocenters. The minimum atomic E-state index is -1.51. The lowest BCUT2D eigenvalue weighted by Crippen LogP contribution is -2.39. The highest BCUT2D eigenvalue weighted by Crippen LogP contribution is 2.07. The van der Waals surface area contributed by atoms with Crippen molar-refractivity contribution in [2.75, 3.05) is 6.54 Å². The van der Waals surface area contributed by atoms with Gasteiger partial charge in [-0.3, -0.25) is 4.90 Å². The minimum Gasteiger partial charge on any atom is -0.279 e. The largest absolute Gasteiger partial charge is 0.279 e.